The van der Waals surface area contributed by atoms with E-state index in [0.29, 0.717) is 6.54 Å². The summed E-state index contributed by atoms with van der Waals surface area (Å²) in [6.45, 7) is 0.333. The third kappa shape index (κ3) is 5.87. The quantitative estimate of drug-likeness (QED) is 0.867. The molecule has 5 nitrogen and oxygen atoms in total. The molecule has 1 aliphatic rings. The molecule has 0 saturated heterocycles. The van der Waals surface area contributed by atoms with Gasteiger partial charge in [0, 0.05) is 0 Å². The molecule has 2 aromatic rings. The van der Waals surface area contributed by atoms with E-state index in [9.17, 15) is 17.6 Å². The maximum Gasteiger partial charge on any atom is 0.231 e. The van der Waals surface area contributed by atoms with Crippen molar-refractivity contribution < 1.29 is 17.6 Å². The lowest BCUT2D eigenvalue weighted by Gasteiger charge is -2.16. The second kappa shape index (κ2) is 9.10. The first-order valence-corrected chi connectivity index (χ1v) is 10.2. The molecular weight excluding hydrogens is 367 g/mol. The molecule has 2 N–H and O–H groups in total. The maximum atomic E-state index is 13.2. The van der Waals surface area contributed by atoms with Gasteiger partial charge in [0.25, 0.3) is 0 Å². The van der Waals surface area contributed by atoms with Crippen LogP contribution >= 0.6 is 0 Å². The Morgan fingerprint density at radius 1 is 1.04 bits per heavy atom. The summed E-state index contributed by atoms with van der Waals surface area (Å²) in [5.41, 5.74) is 7.15. The molecule has 146 valence electrons. The number of carbonyl (C=O) groups excluding carboxylic acids is 1. The van der Waals surface area contributed by atoms with E-state index in [-0.39, 0.29) is 15.7 Å². The summed E-state index contributed by atoms with van der Waals surface area (Å²) in [4.78, 5) is 12.0. The molecule has 2 aromatic carbocycles. The highest BCUT2D eigenvalue weighted by atomic mass is 32.2. The average Bonchev–Trinajstić information content (AvgIpc) is 2.60. The van der Waals surface area contributed by atoms with Gasteiger partial charge >= 0.3 is 0 Å². The number of primary amides is 1. The van der Waals surface area contributed by atoms with Gasteiger partial charge in [0.2, 0.25) is 15.7 Å². The van der Waals surface area contributed by atoms with Gasteiger partial charge in [-0.05, 0) is 81.2 Å². The number of nitrogens with zero attached hydrogens (tertiary/aromatic N) is 1. The molecule has 0 heterocycles. The monoisotopic (exact) mass is 392 g/mol. The zero-order valence-corrected chi connectivity index (χ0v) is 16.4. The molecule has 1 amide bonds. The number of aryl methyl sites for hydroxylation is 2. The molecule has 0 bridgehead atoms. The van der Waals surface area contributed by atoms with E-state index in [1.807, 2.05) is 6.07 Å². The molecule has 3 rings (SSSR count). The lowest BCUT2D eigenvalue weighted by atomic mass is 9.92. The first-order chi connectivity index (χ1) is 12.7. The van der Waals surface area contributed by atoms with Crippen LogP contribution in [0.2, 0.25) is 0 Å². The van der Waals surface area contributed by atoms with Crippen LogP contribution in [0.4, 0.5) is 4.39 Å². The van der Waals surface area contributed by atoms with Crippen molar-refractivity contribution in [3.63, 3.8) is 0 Å². The van der Waals surface area contributed by atoms with Gasteiger partial charge in [-0.25, -0.2) is 12.8 Å². The van der Waals surface area contributed by atoms with Gasteiger partial charge in [-0.1, -0.05) is 12.1 Å². The molecule has 0 spiro atoms. The fourth-order valence-electron chi connectivity index (χ4n) is 2.96. The minimum atomic E-state index is -3.63. The van der Waals surface area contributed by atoms with Gasteiger partial charge in [0.05, 0.1) is 16.3 Å². The van der Waals surface area contributed by atoms with E-state index in [1.54, 1.807) is 31.1 Å². The standard InChI is InChI=1S/C16H15FO2S.C4H10N2O/c17-14-6-3-7-15(11-14)20(18,19)16-9-8-12-4-1-2-5-13(12)10-16;1-6(2)3-4(5)7/h3,6-11H,1-2,4-5H2;3H2,1-2H3,(H2,5,7). The summed E-state index contributed by atoms with van der Waals surface area (Å²) in [6.07, 6.45) is 4.18. The van der Waals surface area contributed by atoms with Gasteiger partial charge in [0.1, 0.15) is 5.82 Å². The van der Waals surface area contributed by atoms with Gasteiger partial charge < -0.3 is 10.6 Å². The molecule has 7 heteroatoms. The Labute approximate surface area is 159 Å². The van der Waals surface area contributed by atoms with Crippen LogP contribution in [-0.2, 0) is 27.5 Å². The minimum Gasteiger partial charge on any atom is -0.369 e. The molecule has 0 aromatic heterocycles. The predicted molar refractivity (Wildman–Crippen MR) is 103 cm³/mol. The first-order valence-electron chi connectivity index (χ1n) is 8.75. The number of amides is 1. The summed E-state index contributed by atoms with van der Waals surface area (Å²) in [5.74, 6) is -0.825. The van der Waals surface area contributed by atoms with E-state index in [1.165, 1.54) is 23.8 Å². The fraction of sp³-hybridized carbons (Fsp3) is 0.350. The number of sulfone groups is 1. The highest BCUT2D eigenvalue weighted by molar-refractivity contribution is 7.91. The molecule has 0 saturated carbocycles. The smallest absolute Gasteiger partial charge is 0.231 e. The zero-order valence-electron chi connectivity index (χ0n) is 15.6. The second-order valence-corrected chi connectivity index (χ2v) is 8.75. The average molecular weight is 392 g/mol. The summed E-state index contributed by atoms with van der Waals surface area (Å²) in [5, 5.41) is 0. The maximum absolute atomic E-state index is 13.2. The number of benzene rings is 2. The van der Waals surface area contributed by atoms with E-state index in [0.717, 1.165) is 37.3 Å². The van der Waals surface area contributed by atoms with Crippen LogP contribution in [-0.4, -0.2) is 39.9 Å². The fourth-order valence-corrected chi connectivity index (χ4v) is 4.30. The number of carbonyl (C=O) groups is 1. The summed E-state index contributed by atoms with van der Waals surface area (Å²) in [6, 6.07) is 10.4. The van der Waals surface area contributed by atoms with Crippen molar-refractivity contribution in [2.75, 3.05) is 20.6 Å². The van der Waals surface area contributed by atoms with E-state index < -0.39 is 15.7 Å². The van der Waals surface area contributed by atoms with Gasteiger partial charge in [-0.15, -0.1) is 0 Å². The van der Waals surface area contributed by atoms with Crippen LogP contribution in [0.3, 0.4) is 0 Å². The van der Waals surface area contributed by atoms with E-state index in [4.69, 9.17) is 5.73 Å². The van der Waals surface area contributed by atoms with Crippen LogP contribution in [0.1, 0.15) is 24.0 Å². The van der Waals surface area contributed by atoms with Crippen molar-refractivity contribution in [1.82, 2.24) is 4.90 Å². The van der Waals surface area contributed by atoms with Crippen molar-refractivity contribution in [2.24, 2.45) is 5.73 Å². The molecule has 0 unspecified atom stereocenters. The van der Waals surface area contributed by atoms with Crippen molar-refractivity contribution in [2.45, 2.75) is 35.5 Å². The first kappa shape index (κ1) is 21.1. The van der Waals surface area contributed by atoms with Gasteiger partial charge in [-0.2, -0.15) is 0 Å². The van der Waals surface area contributed by atoms with Crippen molar-refractivity contribution >= 4 is 15.7 Å². The number of hydrogen-bond acceptors (Lipinski definition) is 4. The Hall–Kier alpha value is -2.25. The highest BCUT2D eigenvalue weighted by Gasteiger charge is 2.20. The number of fused-ring (bicyclic) bond motifs is 1. The summed E-state index contributed by atoms with van der Waals surface area (Å²) in [7, 11) is -0.0422. The predicted octanol–water partition coefficient (Wildman–Crippen LogP) is 2.57. The zero-order chi connectivity index (χ0) is 20.0. The Bertz CT molecular complexity index is 911. The number of likely N-dealkylation sites (N-methyl/N-ethyl adjacent to an activating group) is 1. The van der Waals surface area contributed by atoms with Crippen LogP contribution in [0.25, 0.3) is 0 Å². The van der Waals surface area contributed by atoms with Crippen LogP contribution in [0.15, 0.2) is 52.3 Å². The Morgan fingerprint density at radius 2 is 1.67 bits per heavy atom. The molecular formula is C20H25FN2O3S. The normalized spacial score (nSPS) is 13.5. The SMILES string of the molecule is CN(C)CC(N)=O.O=S(=O)(c1cccc(F)c1)c1ccc2c(c1)CCCC2. The van der Waals surface area contributed by atoms with Crippen LogP contribution in [0, 0.1) is 5.82 Å². The molecule has 0 radical (unpaired) electrons. The van der Waals surface area contributed by atoms with Crippen LogP contribution in [0.5, 0.6) is 0 Å². The summed E-state index contributed by atoms with van der Waals surface area (Å²) < 4.78 is 38.2. The third-order valence-corrected chi connectivity index (χ3v) is 5.96. The van der Waals surface area contributed by atoms with Crippen LogP contribution < -0.4 is 5.73 Å². The van der Waals surface area contributed by atoms with E-state index in [2.05, 4.69) is 0 Å². The molecule has 1 aliphatic carbocycles. The third-order valence-electron chi connectivity index (χ3n) is 4.21. The van der Waals surface area contributed by atoms with Crippen molar-refractivity contribution in [3.05, 3.63) is 59.4 Å². The van der Waals surface area contributed by atoms with E-state index >= 15 is 0 Å². The van der Waals surface area contributed by atoms with Gasteiger partial charge in [0.15, 0.2) is 0 Å². The van der Waals surface area contributed by atoms with Crippen molar-refractivity contribution in [3.8, 4) is 0 Å². The Kier molecular flexibility index (Phi) is 7.10. The number of halogens is 1. The number of nitrogens with two attached hydrogens (primary N) is 1. The van der Waals surface area contributed by atoms with Crippen molar-refractivity contribution in [1.29, 1.82) is 0 Å². The second-order valence-electron chi connectivity index (χ2n) is 6.80. The Morgan fingerprint density at radius 3 is 2.22 bits per heavy atom. The molecule has 0 fully saturated rings. The lowest BCUT2D eigenvalue weighted by Crippen LogP contribution is -2.27. The topological polar surface area (TPSA) is 80.5 Å². The minimum absolute atomic E-state index is 0.00765. The number of rotatable bonds is 4. The molecule has 27 heavy (non-hydrogen) atoms. The lowest BCUT2D eigenvalue weighted by molar-refractivity contribution is -0.118. The largest absolute Gasteiger partial charge is 0.369 e. The summed E-state index contributed by atoms with van der Waals surface area (Å²) >= 11 is 0. The van der Waals surface area contributed by atoms with Gasteiger partial charge in [-0.3, -0.25) is 4.79 Å². The number of hydrogen-bond donors (Lipinski definition) is 1. The highest BCUT2D eigenvalue weighted by Crippen LogP contribution is 2.27. The molecule has 0 atom stereocenters. The Balaban J connectivity index is 0.000000321. The molecule has 0 aliphatic heterocycles.